The minimum Gasteiger partial charge on any atom is -0.392 e. The molecule has 1 heterocycles. The molecule has 3 unspecified atom stereocenters. The van der Waals surface area contributed by atoms with Crippen LogP contribution in [0.2, 0.25) is 0 Å². The van der Waals surface area contributed by atoms with Crippen LogP contribution < -0.4 is 5.32 Å². The Labute approximate surface area is 104 Å². The van der Waals surface area contributed by atoms with Crippen molar-refractivity contribution in [2.24, 2.45) is 5.92 Å². The number of rotatable bonds is 8. The Morgan fingerprint density at radius 2 is 2.18 bits per heavy atom. The first-order valence-electron chi connectivity index (χ1n) is 6.52. The number of nitrogens with zero attached hydrogens (tertiary/aromatic N) is 2. The van der Waals surface area contributed by atoms with Crippen molar-refractivity contribution in [3.05, 3.63) is 18.5 Å². The van der Waals surface area contributed by atoms with Gasteiger partial charge < -0.3 is 10.4 Å². The van der Waals surface area contributed by atoms with Crippen molar-refractivity contribution in [2.45, 2.75) is 52.3 Å². The Morgan fingerprint density at radius 3 is 2.76 bits per heavy atom. The van der Waals surface area contributed by atoms with Crippen LogP contribution in [0.5, 0.6) is 0 Å². The van der Waals surface area contributed by atoms with E-state index in [-0.39, 0.29) is 6.10 Å². The summed E-state index contributed by atoms with van der Waals surface area (Å²) in [5, 5.41) is 17.4. The smallest absolute Gasteiger partial charge is 0.0690 e. The molecule has 0 saturated carbocycles. The molecular formula is C13H25N3O. The summed E-state index contributed by atoms with van der Waals surface area (Å²) < 4.78 is 1.93. The van der Waals surface area contributed by atoms with Crippen molar-refractivity contribution >= 4 is 0 Å². The van der Waals surface area contributed by atoms with Gasteiger partial charge in [0, 0.05) is 31.5 Å². The number of hydrogen-bond donors (Lipinski definition) is 2. The fourth-order valence-corrected chi connectivity index (χ4v) is 1.66. The van der Waals surface area contributed by atoms with Crippen molar-refractivity contribution < 1.29 is 5.11 Å². The summed E-state index contributed by atoms with van der Waals surface area (Å²) in [5.41, 5.74) is 0. The molecule has 0 bridgehead atoms. The van der Waals surface area contributed by atoms with E-state index in [1.165, 1.54) is 0 Å². The molecule has 0 aliphatic carbocycles. The number of nitrogens with one attached hydrogen (secondary N) is 1. The average molecular weight is 239 g/mol. The van der Waals surface area contributed by atoms with Gasteiger partial charge in [-0.05, 0) is 25.3 Å². The van der Waals surface area contributed by atoms with Crippen LogP contribution in [0.15, 0.2) is 18.5 Å². The Balaban J connectivity index is 2.14. The van der Waals surface area contributed by atoms with Gasteiger partial charge in [-0.15, -0.1) is 0 Å². The zero-order valence-electron chi connectivity index (χ0n) is 11.1. The molecule has 2 N–H and O–H groups in total. The molecule has 0 aromatic carbocycles. The second kappa shape index (κ2) is 7.45. The SMILES string of the molecule is CCC(C)C(O)CNC(C)CCn1cccn1. The highest BCUT2D eigenvalue weighted by molar-refractivity contribution is 4.78. The summed E-state index contributed by atoms with van der Waals surface area (Å²) in [4.78, 5) is 0. The Bertz CT molecular complexity index is 287. The molecule has 0 aliphatic heterocycles. The van der Waals surface area contributed by atoms with E-state index in [0.717, 1.165) is 19.4 Å². The highest BCUT2D eigenvalue weighted by Crippen LogP contribution is 2.06. The summed E-state index contributed by atoms with van der Waals surface area (Å²) >= 11 is 0. The zero-order valence-corrected chi connectivity index (χ0v) is 11.1. The maximum atomic E-state index is 9.84. The number of aliphatic hydroxyl groups excluding tert-OH is 1. The molecule has 0 amide bonds. The third kappa shape index (κ3) is 5.33. The number of hydrogen-bond acceptors (Lipinski definition) is 3. The minimum atomic E-state index is -0.243. The summed E-state index contributed by atoms with van der Waals surface area (Å²) in [6.07, 6.45) is 5.57. The van der Waals surface area contributed by atoms with Crippen LogP contribution in [0.25, 0.3) is 0 Å². The van der Waals surface area contributed by atoms with Gasteiger partial charge >= 0.3 is 0 Å². The van der Waals surface area contributed by atoms with Gasteiger partial charge in [-0.3, -0.25) is 4.68 Å². The Hall–Kier alpha value is -0.870. The highest BCUT2D eigenvalue weighted by Gasteiger charge is 2.12. The van der Waals surface area contributed by atoms with Gasteiger partial charge in [0.15, 0.2) is 0 Å². The lowest BCUT2D eigenvalue weighted by Crippen LogP contribution is -2.37. The molecule has 98 valence electrons. The molecule has 3 atom stereocenters. The molecule has 0 spiro atoms. The molecule has 0 radical (unpaired) electrons. The predicted molar refractivity (Wildman–Crippen MR) is 69.8 cm³/mol. The second-order valence-corrected chi connectivity index (χ2v) is 4.82. The third-order valence-electron chi connectivity index (χ3n) is 3.33. The number of aliphatic hydroxyl groups is 1. The zero-order chi connectivity index (χ0) is 12.7. The lowest BCUT2D eigenvalue weighted by atomic mass is 10.0. The maximum absolute atomic E-state index is 9.84. The molecule has 0 aliphatic rings. The largest absolute Gasteiger partial charge is 0.392 e. The summed E-state index contributed by atoms with van der Waals surface area (Å²) in [6, 6.07) is 2.34. The van der Waals surface area contributed by atoms with Crippen LogP contribution in [-0.2, 0) is 6.54 Å². The van der Waals surface area contributed by atoms with Gasteiger partial charge in [-0.1, -0.05) is 20.3 Å². The molecule has 1 rings (SSSR count). The topological polar surface area (TPSA) is 50.1 Å². The van der Waals surface area contributed by atoms with Gasteiger partial charge in [0.2, 0.25) is 0 Å². The first-order chi connectivity index (χ1) is 8.13. The fourth-order valence-electron chi connectivity index (χ4n) is 1.66. The third-order valence-corrected chi connectivity index (χ3v) is 3.33. The van der Waals surface area contributed by atoms with Crippen molar-refractivity contribution in [3.63, 3.8) is 0 Å². The molecule has 1 aromatic rings. The molecule has 4 heteroatoms. The quantitative estimate of drug-likeness (QED) is 0.725. The fraction of sp³-hybridized carbons (Fsp3) is 0.769. The number of aromatic nitrogens is 2. The molecule has 4 nitrogen and oxygen atoms in total. The van der Waals surface area contributed by atoms with E-state index in [1.54, 1.807) is 6.20 Å². The average Bonchev–Trinajstić information content (AvgIpc) is 2.85. The van der Waals surface area contributed by atoms with Crippen LogP contribution in [0.1, 0.15) is 33.6 Å². The van der Waals surface area contributed by atoms with Crippen LogP contribution in [0.4, 0.5) is 0 Å². The minimum absolute atomic E-state index is 0.243. The van der Waals surface area contributed by atoms with E-state index in [1.807, 2.05) is 16.9 Å². The van der Waals surface area contributed by atoms with Crippen molar-refractivity contribution in [3.8, 4) is 0 Å². The van der Waals surface area contributed by atoms with Gasteiger partial charge in [-0.25, -0.2) is 0 Å². The van der Waals surface area contributed by atoms with E-state index >= 15 is 0 Å². The van der Waals surface area contributed by atoms with E-state index < -0.39 is 0 Å². The second-order valence-electron chi connectivity index (χ2n) is 4.82. The maximum Gasteiger partial charge on any atom is 0.0690 e. The molecule has 0 saturated heterocycles. The Morgan fingerprint density at radius 1 is 1.41 bits per heavy atom. The van der Waals surface area contributed by atoms with Crippen LogP contribution >= 0.6 is 0 Å². The lowest BCUT2D eigenvalue weighted by molar-refractivity contribution is 0.109. The van der Waals surface area contributed by atoms with Gasteiger partial charge in [-0.2, -0.15) is 5.10 Å². The highest BCUT2D eigenvalue weighted by atomic mass is 16.3. The van der Waals surface area contributed by atoms with Crippen LogP contribution in [0, 0.1) is 5.92 Å². The summed E-state index contributed by atoms with van der Waals surface area (Å²) in [6.45, 7) is 7.93. The Kier molecular flexibility index (Phi) is 6.22. The predicted octanol–water partition coefficient (Wildman–Crippen LogP) is 1.66. The first kappa shape index (κ1) is 14.2. The molecule has 0 fully saturated rings. The molecule has 17 heavy (non-hydrogen) atoms. The van der Waals surface area contributed by atoms with E-state index in [0.29, 0.717) is 18.5 Å². The summed E-state index contributed by atoms with van der Waals surface area (Å²) in [5.74, 6) is 0.362. The summed E-state index contributed by atoms with van der Waals surface area (Å²) in [7, 11) is 0. The first-order valence-corrected chi connectivity index (χ1v) is 6.52. The van der Waals surface area contributed by atoms with Crippen molar-refractivity contribution in [1.82, 2.24) is 15.1 Å². The van der Waals surface area contributed by atoms with E-state index in [9.17, 15) is 5.11 Å². The van der Waals surface area contributed by atoms with Gasteiger partial charge in [0.1, 0.15) is 0 Å². The molecular weight excluding hydrogens is 214 g/mol. The van der Waals surface area contributed by atoms with Crippen LogP contribution in [-0.4, -0.2) is 33.6 Å². The van der Waals surface area contributed by atoms with Gasteiger partial charge in [0.25, 0.3) is 0 Å². The van der Waals surface area contributed by atoms with Crippen LogP contribution in [0.3, 0.4) is 0 Å². The van der Waals surface area contributed by atoms with Crippen molar-refractivity contribution in [2.75, 3.05) is 6.54 Å². The van der Waals surface area contributed by atoms with E-state index in [2.05, 4.69) is 31.2 Å². The van der Waals surface area contributed by atoms with E-state index in [4.69, 9.17) is 0 Å². The number of aryl methyl sites for hydroxylation is 1. The standard InChI is InChI=1S/C13H25N3O/c1-4-11(2)13(17)10-14-12(3)6-9-16-8-5-7-15-16/h5,7-8,11-14,17H,4,6,9-10H2,1-3H3. The van der Waals surface area contributed by atoms with Gasteiger partial charge in [0.05, 0.1) is 6.10 Å². The molecule has 1 aromatic heterocycles. The normalized spacial score (nSPS) is 16.7. The lowest BCUT2D eigenvalue weighted by Gasteiger charge is -2.20. The monoisotopic (exact) mass is 239 g/mol. The van der Waals surface area contributed by atoms with Crippen molar-refractivity contribution in [1.29, 1.82) is 0 Å².